The predicted octanol–water partition coefficient (Wildman–Crippen LogP) is 3.85. The summed E-state index contributed by atoms with van der Waals surface area (Å²) in [5.41, 5.74) is 0.694. The van der Waals surface area contributed by atoms with Crippen molar-refractivity contribution in [1.82, 2.24) is 5.32 Å². The molecule has 0 spiro atoms. The van der Waals surface area contributed by atoms with Gasteiger partial charge in [-0.3, -0.25) is 4.79 Å². The van der Waals surface area contributed by atoms with E-state index in [-0.39, 0.29) is 12.5 Å². The summed E-state index contributed by atoms with van der Waals surface area (Å²) in [6.07, 6.45) is 0. The van der Waals surface area contributed by atoms with Crippen molar-refractivity contribution in [2.24, 2.45) is 0 Å². The Morgan fingerprint density at radius 3 is 2.73 bits per heavy atom. The van der Waals surface area contributed by atoms with Gasteiger partial charge in [-0.05, 0) is 52.2 Å². The third-order valence-electron chi connectivity index (χ3n) is 3.39. The van der Waals surface area contributed by atoms with E-state index in [1.807, 2.05) is 52.7 Å². The fraction of sp³-hybridized carbons (Fsp3) is 0.188. The zero-order valence-corrected chi connectivity index (χ0v) is 14.4. The lowest BCUT2D eigenvalue weighted by molar-refractivity contribution is 0.0723. The van der Waals surface area contributed by atoms with Crippen LogP contribution in [0.15, 0.2) is 45.8 Å². The highest BCUT2D eigenvalue weighted by Crippen LogP contribution is 2.33. The standard InChI is InChI=1S/C16H15NO2S3/c1-11-7-13(22-8-11)15(18)17-10-16(19,12-4-6-20-9-12)14-3-2-5-21-14/h2-9,19H,10H2,1H3,(H,17,18)/t16-/m1/s1. The number of aryl methyl sites for hydroxylation is 1. The molecule has 3 aromatic heterocycles. The fourth-order valence-corrected chi connectivity index (χ4v) is 4.57. The molecule has 3 aromatic rings. The summed E-state index contributed by atoms with van der Waals surface area (Å²) >= 11 is 4.43. The van der Waals surface area contributed by atoms with E-state index in [0.29, 0.717) is 4.88 Å². The summed E-state index contributed by atoms with van der Waals surface area (Å²) in [7, 11) is 0. The molecule has 114 valence electrons. The molecule has 3 nitrogen and oxygen atoms in total. The molecule has 0 fully saturated rings. The molecule has 0 aliphatic carbocycles. The Balaban J connectivity index is 1.81. The SMILES string of the molecule is Cc1csc(C(=O)NC[C@@](O)(c2ccsc2)c2cccs2)c1. The third-order valence-corrected chi connectivity index (χ3v) is 6.14. The molecule has 0 saturated heterocycles. The van der Waals surface area contributed by atoms with Gasteiger partial charge in [0.15, 0.2) is 0 Å². The normalized spacial score (nSPS) is 13.7. The van der Waals surface area contributed by atoms with Gasteiger partial charge in [0.2, 0.25) is 0 Å². The second-order valence-corrected chi connectivity index (χ2v) is 7.66. The van der Waals surface area contributed by atoms with Gasteiger partial charge in [-0.2, -0.15) is 11.3 Å². The molecule has 1 amide bonds. The maximum atomic E-state index is 12.2. The number of aliphatic hydroxyl groups is 1. The van der Waals surface area contributed by atoms with Crippen molar-refractivity contribution in [3.8, 4) is 0 Å². The molecule has 6 heteroatoms. The molecule has 0 bridgehead atoms. The largest absolute Gasteiger partial charge is 0.378 e. The first-order valence-corrected chi connectivity index (χ1v) is 9.42. The third kappa shape index (κ3) is 3.01. The molecule has 0 saturated carbocycles. The lowest BCUT2D eigenvalue weighted by atomic mass is 9.94. The Labute approximate surface area is 140 Å². The summed E-state index contributed by atoms with van der Waals surface area (Å²) in [5, 5.41) is 21.7. The molecule has 1 atom stereocenters. The first kappa shape index (κ1) is 15.4. The van der Waals surface area contributed by atoms with Crippen LogP contribution in [0.2, 0.25) is 0 Å². The summed E-state index contributed by atoms with van der Waals surface area (Å²) in [5.74, 6) is -0.150. The minimum absolute atomic E-state index is 0.150. The molecule has 0 aliphatic heterocycles. The second kappa shape index (κ2) is 6.34. The number of hydrogen-bond acceptors (Lipinski definition) is 5. The van der Waals surface area contributed by atoms with Gasteiger partial charge >= 0.3 is 0 Å². The van der Waals surface area contributed by atoms with E-state index in [4.69, 9.17) is 0 Å². The zero-order chi connectivity index (χ0) is 15.6. The fourth-order valence-electron chi connectivity index (χ4n) is 2.19. The van der Waals surface area contributed by atoms with E-state index in [1.54, 1.807) is 0 Å². The van der Waals surface area contributed by atoms with E-state index in [2.05, 4.69) is 5.32 Å². The number of thiophene rings is 3. The molecule has 0 radical (unpaired) electrons. The van der Waals surface area contributed by atoms with Crippen LogP contribution < -0.4 is 5.32 Å². The molecular formula is C16H15NO2S3. The van der Waals surface area contributed by atoms with E-state index in [1.165, 1.54) is 34.0 Å². The van der Waals surface area contributed by atoms with Crippen LogP contribution in [0.4, 0.5) is 0 Å². The van der Waals surface area contributed by atoms with Gasteiger partial charge in [0, 0.05) is 10.4 Å². The molecular weight excluding hydrogens is 334 g/mol. The van der Waals surface area contributed by atoms with Crippen LogP contribution in [0.25, 0.3) is 0 Å². The van der Waals surface area contributed by atoms with Gasteiger partial charge in [-0.1, -0.05) is 6.07 Å². The molecule has 2 N–H and O–H groups in total. The number of rotatable bonds is 5. The quantitative estimate of drug-likeness (QED) is 0.735. The van der Waals surface area contributed by atoms with Crippen molar-refractivity contribution in [2.75, 3.05) is 6.54 Å². The van der Waals surface area contributed by atoms with Crippen molar-refractivity contribution in [3.05, 3.63) is 66.7 Å². The van der Waals surface area contributed by atoms with Gasteiger partial charge in [-0.25, -0.2) is 0 Å². The van der Waals surface area contributed by atoms with Gasteiger partial charge in [0.1, 0.15) is 5.60 Å². The lowest BCUT2D eigenvalue weighted by Crippen LogP contribution is -2.40. The Hall–Kier alpha value is -1.47. The number of amides is 1. The van der Waals surface area contributed by atoms with Crippen molar-refractivity contribution < 1.29 is 9.90 Å². The molecule has 3 rings (SSSR count). The van der Waals surface area contributed by atoms with Crippen LogP contribution in [-0.4, -0.2) is 17.6 Å². The summed E-state index contributed by atoms with van der Waals surface area (Å²) < 4.78 is 0. The van der Waals surface area contributed by atoms with Gasteiger partial charge in [-0.15, -0.1) is 22.7 Å². The predicted molar refractivity (Wildman–Crippen MR) is 93.0 cm³/mol. The summed E-state index contributed by atoms with van der Waals surface area (Å²) in [6, 6.07) is 7.55. The van der Waals surface area contributed by atoms with Crippen LogP contribution in [-0.2, 0) is 5.60 Å². The molecule has 0 aromatic carbocycles. The Morgan fingerprint density at radius 2 is 2.14 bits per heavy atom. The number of carbonyl (C=O) groups is 1. The van der Waals surface area contributed by atoms with Gasteiger partial charge < -0.3 is 10.4 Å². The molecule has 0 unspecified atom stereocenters. The topological polar surface area (TPSA) is 49.3 Å². The van der Waals surface area contributed by atoms with Crippen LogP contribution >= 0.6 is 34.0 Å². The zero-order valence-electron chi connectivity index (χ0n) is 11.9. The first-order valence-electron chi connectivity index (χ1n) is 6.72. The number of carbonyl (C=O) groups excluding carboxylic acids is 1. The second-order valence-electron chi connectivity index (χ2n) is 5.02. The lowest BCUT2D eigenvalue weighted by Gasteiger charge is -2.26. The van der Waals surface area contributed by atoms with Crippen molar-refractivity contribution >= 4 is 39.9 Å². The van der Waals surface area contributed by atoms with E-state index < -0.39 is 5.60 Å². The average molecular weight is 350 g/mol. The van der Waals surface area contributed by atoms with E-state index >= 15 is 0 Å². The highest BCUT2D eigenvalue weighted by Gasteiger charge is 2.33. The number of hydrogen-bond donors (Lipinski definition) is 2. The van der Waals surface area contributed by atoms with E-state index in [0.717, 1.165) is 16.0 Å². The monoisotopic (exact) mass is 349 g/mol. The number of nitrogens with one attached hydrogen (secondary N) is 1. The van der Waals surface area contributed by atoms with Gasteiger partial charge in [0.25, 0.3) is 5.91 Å². The first-order chi connectivity index (χ1) is 10.6. The highest BCUT2D eigenvalue weighted by molar-refractivity contribution is 7.12. The Bertz CT molecular complexity index is 710. The van der Waals surface area contributed by atoms with Crippen molar-refractivity contribution in [2.45, 2.75) is 12.5 Å². The minimum Gasteiger partial charge on any atom is -0.378 e. The van der Waals surface area contributed by atoms with Crippen LogP contribution in [0.3, 0.4) is 0 Å². The van der Waals surface area contributed by atoms with Crippen molar-refractivity contribution in [3.63, 3.8) is 0 Å². The average Bonchev–Trinajstić information content (AvgIpc) is 3.24. The molecule has 0 aliphatic rings. The molecule has 3 heterocycles. The highest BCUT2D eigenvalue weighted by atomic mass is 32.1. The van der Waals surface area contributed by atoms with Crippen molar-refractivity contribution in [1.29, 1.82) is 0 Å². The van der Waals surface area contributed by atoms with Gasteiger partial charge in [0.05, 0.1) is 11.4 Å². The van der Waals surface area contributed by atoms with Crippen LogP contribution in [0.5, 0.6) is 0 Å². The molecule has 22 heavy (non-hydrogen) atoms. The summed E-state index contributed by atoms with van der Waals surface area (Å²) in [6.45, 7) is 2.11. The maximum absolute atomic E-state index is 12.2. The minimum atomic E-state index is -1.18. The van der Waals surface area contributed by atoms with Crippen LogP contribution in [0, 0.1) is 6.92 Å². The van der Waals surface area contributed by atoms with E-state index in [9.17, 15) is 9.90 Å². The Morgan fingerprint density at radius 1 is 1.27 bits per heavy atom. The maximum Gasteiger partial charge on any atom is 0.261 e. The summed E-state index contributed by atoms with van der Waals surface area (Å²) in [4.78, 5) is 13.7. The Kier molecular flexibility index (Phi) is 4.44. The van der Waals surface area contributed by atoms with Crippen LogP contribution in [0.1, 0.15) is 25.7 Å². The smallest absolute Gasteiger partial charge is 0.261 e.